The molecule has 0 bridgehead atoms. The molecule has 3 fully saturated rings. The average Bonchev–Trinajstić information content (AvgIpc) is 4.33. The van der Waals surface area contributed by atoms with Crippen molar-refractivity contribution in [3.8, 4) is 33.4 Å². The number of carbonyl (C=O) groups excluding carboxylic acids is 3. The topological polar surface area (TPSA) is 214 Å². The Kier molecular flexibility index (Phi) is 15.9. The molecule has 0 radical (unpaired) electrons. The number of aromatic nitrogens is 7. The summed E-state index contributed by atoms with van der Waals surface area (Å²) < 4.78 is 0. The van der Waals surface area contributed by atoms with Gasteiger partial charge in [0, 0.05) is 107 Å². The fourth-order valence-electron chi connectivity index (χ4n) is 7.85. The Labute approximate surface area is 446 Å². The van der Waals surface area contributed by atoms with Crippen LogP contribution in [-0.4, -0.2) is 70.7 Å². The molecule has 6 N–H and O–H groups in total. The number of hydrogen-bond donors (Lipinski definition) is 6. The molecule has 16 heteroatoms. The van der Waals surface area contributed by atoms with E-state index in [2.05, 4.69) is 121 Å². The lowest BCUT2D eigenvalue weighted by molar-refractivity contribution is 0.101. The molecule has 384 valence electrons. The van der Waals surface area contributed by atoms with Crippen molar-refractivity contribution in [1.29, 1.82) is 0 Å². The molecule has 3 aliphatic carbocycles. The Balaban J connectivity index is 0.000000131. The molecule has 3 saturated carbocycles. The van der Waals surface area contributed by atoms with E-state index in [0.29, 0.717) is 58.1 Å². The highest BCUT2D eigenvalue weighted by molar-refractivity contribution is 6.04. The molecule has 16 nitrogen and oxygen atoms in total. The predicted octanol–water partition coefficient (Wildman–Crippen LogP) is 11.9. The Morgan fingerprint density at radius 3 is 1.13 bits per heavy atom. The lowest BCUT2D eigenvalue weighted by atomic mass is 10.1. The minimum atomic E-state index is -0.277. The first-order valence-electron chi connectivity index (χ1n) is 25.7. The highest BCUT2D eigenvalue weighted by Crippen LogP contribution is 2.31. The van der Waals surface area contributed by atoms with Gasteiger partial charge in [-0.25, -0.2) is 24.9 Å². The zero-order valence-electron chi connectivity index (χ0n) is 42.7. The number of pyridine rings is 5. The molecule has 3 aliphatic rings. The van der Waals surface area contributed by atoms with Gasteiger partial charge in [-0.05, 0) is 166 Å². The first-order valence-corrected chi connectivity index (χ1v) is 25.7. The Hall–Kier alpha value is -9.70. The van der Waals surface area contributed by atoms with E-state index >= 15 is 0 Å². The van der Waals surface area contributed by atoms with E-state index < -0.39 is 0 Å². The maximum Gasteiger partial charge on any atom is 0.259 e. The average molecular weight is 1020 g/mol. The molecular weight excluding hydrogens is 963 g/mol. The molecule has 6 aromatic heterocycles. The number of anilines is 6. The summed E-state index contributed by atoms with van der Waals surface area (Å²) in [5.74, 6) is 1.45. The molecule has 3 aromatic carbocycles. The summed E-state index contributed by atoms with van der Waals surface area (Å²) in [6, 6.07) is 45.1. The third-order valence-electron chi connectivity index (χ3n) is 12.6. The highest BCUT2D eigenvalue weighted by Gasteiger charge is 2.22. The second-order valence-electron chi connectivity index (χ2n) is 19.1. The fourth-order valence-corrected chi connectivity index (χ4v) is 7.85. The summed E-state index contributed by atoms with van der Waals surface area (Å²) >= 11 is 0. The van der Waals surface area contributed by atoms with Gasteiger partial charge in [-0.3, -0.25) is 24.4 Å². The summed E-state index contributed by atoms with van der Waals surface area (Å²) in [4.78, 5) is 65.8. The van der Waals surface area contributed by atoms with Gasteiger partial charge in [0.05, 0.1) is 16.7 Å². The van der Waals surface area contributed by atoms with Crippen molar-refractivity contribution in [2.75, 3.05) is 31.9 Å². The van der Waals surface area contributed by atoms with Crippen LogP contribution in [0.25, 0.3) is 33.4 Å². The van der Waals surface area contributed by atoms with Crippen molar-refractivity contribution in [1.82, 2.24) is 34.9 Å². The number of carbonyl (C=O) groups is 3. The van der Waals surface area contributed by atoms with Gasteiger partial charge in [0.15, 0.2) is 0 Å². The van der Waals surface area contributed by atoms with Crippen LogP contribution in [0.5, 0.6) is 0 Å². The van der Waals surface area contributed by atoms with Gasteiger partial charge in [-0.1, -0.05) is 36.4 Å². The maximum atomic E-state index is 12.2. The van der Waals surface area contributed by atoms with Gasteiger partial charge >= 0.3 is 0 Å². The number of nitrogens with zero attached hydrogens (tertiary/aromatic N) is 7. The number of hydrogen-bond acceptors (Lipinski definition) is 13. The summed E-state index contributed by atoms with van der Waals surface area (Å²) in [6.45, 7) is 3.66. The zero-order valence-corrected chi connectivity index (χ0v) is 42.7. The summed E-state index contributed by atoms with van der Waals surface area (Å²) in [5.41, 5.74) is 12.0. The quantitative estimate of drug-likeness (QED) is 0.0565. The second kappa shape index (κ2) is 24.1. The molecule has 0 atom stereocenters. The van der Waals surface area contributed by atoms with Crippen molar-refractivity contribution in [3.63, 3.8) is 0 Å². The number of aryl methyl sites for hydroxylation is 2. The van der Waals surface area contributed by atoms with Crippen LogP contribution in [-0.2, 0) is 0 Å². The lowest BCUT2D eigenvalue weighted by Crippen LogP contribution is -2.13. The first-order chi connectivity index (χ1) is 37.6. The van der Waals surface area contributed by atoms with Crippen molar-refractivity contribution < 1.29 is 14.4 Å². The molecule has 0 aliphatic heterocycles. The Morgan fingerprint density at radius 2 is 0.779 bits per heavy atom. The van der Waals surface area contributed by atoms with E-state index in [-0.39, 0.29) is 17.7 Å². The van der Waals surface area contributed by atoms with Crippen LogP contribution < -0.4 is 31.9 Å². The predicted molar refractivity (Wildman–Crippen MR) is 303 cm³/mol. The van der Waals surface area contributed by atoms with Gasteiger partial charge in [0.2, 0.25) is 0 Å². The SMILES string of the molecule is Cc1ccc(C(=O)Nc2ccc(-c3cccc(NC4CC4)c3)cn2)cn1.Cc1ncc(C(=O)Nc2ccc(-c3cccc(NC4CC4)c3)cn2)cn1.O=C(Nc1ccc(-c2cccc(NC3CC3)c2)cn1)c1cccnc1. The van der Waals surface area contributed by atoms with Crippen LogP contribution in [0.15, 0.2) is 183 Å². The lowest BCUT2D eigenvalue weighted by Gasteiger charge is -2.08. The van der Waals surface area contributed by atoms with Gasteiger partial charge in [-0.2, -0.15) is 0 Å². The molecule has 3 amide bonds. The third-order valence-corrected chi connectivity index (χ3v) is 12.6. The second-order valence-corrected chi connectivity index (χ2v) is 19.1. The van der Waals surface area contributed by atoms with E-state index in [1.165, 1.54) is 57.1 Å². The molecule has 0 unspecified atom stereocenters. The Morgan fingerprint density at radius 1 is 0.377 bits per heavy atom. The monoisotopic (exact) mass is 1020 g/mol. The van der Waals surface area contributed by atoms with E-state index in [1.807, 2.05) is 61.5 Å². The van der Waals surface area contributed by atoms with Crippen LogP contribution in [0, 0.1) is 13.8 Å². The molecular formula is C61H57N13O3. The molecule has 77 heavy (non-hydrogen) atoms. The number of nitrogens with one attached hydrogen (secondary N) is 6. The molecule has 0 saturated heterocycles. The van der Waals surface area contributed by atoms with Crippen LogP contribution in [0.1, 0.15) is 81.1 Å². The fraction of sp³-hybridized carbons (Fsp3) is 0.180. The van der Waals surface area contributed by atoms with Crippen molar-refractivity contribution in [3.05, 3.63) is 211 Å². The minimum absolute atomic E-state index is 0.214. The van der Waals surface area contributed by atoms with Gasteiger partial charge in [-0.15, -0.1) is 0 Å². The Bertz CT molecular complexity index is 3290. The number of rotatable bonds is 15. The number of benzene rings is 3. The van der Waals surface area contributed by atoms with Gasteiger partial charge in [0.1, 0.15) is 23.3 Å². The zero-order chi connectivity index (χ0) is 52.9. The summed E-state index contributed by atoms with van der Waals surface area (Å²) in [7, 11) is 0. The van der Waals surface area contributed by atoms with E-state index in [1.54, 1.807) is 62.2 Å². The van der Waals surface area contributed by atoms with Crippen molar-refractivity contribution in [2.45, 2.75) is 70.5 Å². The maximum absolute atomic E-state index is 12.2. The van der Waals surface area contributed by atoms with Gasteiger partial charge < -0.3 is 31.9 Å². The normalized spacial score (nSPS) is 13.3. The summed E-state index contributed by atoms with van der Waals surface area (Å²) in [5, 5.41) is 18.8. The molecule has 0 spiro atoms. The van der Waals surface area contributed by atoms with Crippen LogP contribution in [0.3, 0.4) is 0 Å². The third kappa shape index (κ3) is 15.0. The standard InChI is InChI=1S/C21H20N4O.C20H19N5O.C20H18N4O/c1-14-5-6-17(13-22-14)21(26)25-20-10-7-16(12-23-20)15-3-2-4-19(11-15)24-18-8-9-18;1-13-21-11-16(12-22-13)20(26)25-19-8-5-15(10-23-19)14-3-2-4-18(9-14)24-17-6-7-17;25-20(16-4-2-10-21-12-16)24-19-9-6-15(13-22-19)14-3-1-5-18(11-14)23-17-7-8-17/h2-7,10-13,18,24H,8-9H2,1H3,(H,23,25,26);2-5,8-12,17,24H,6-7H2,1H3,(H,23,25,26);1-6,9-13,17,23H,7-8H2,(H,22,24,25). The minimum Gasteiger partial charge on any atom is -0.382 e. The van der Waals surface area contributed by atoms with E-state index in [0.717, 1.165) is 56.1 Å². The largest absolute Gasteiger partial charge is 0.382 e. The van der Waals surface area contributed by atoms with Crippen LogP contribution in [0.2, 0.25) is 0 Å². The number of amides is 3. The van der Waals surface area contributed by atoms with Crippen LogP contribution in [0.4, 0.5) is 34.5 Å². The highest BCUT2D eigenvalue weighted by atomic mass is 16.2. The van der Waals surface area contributed by atoms with Crippen molar-refractivity contribution in [2.24, 2.45) is 0 Å². The smallest absolute Gasteiger partial charge is 0.259 e. The van der Waals surface area contributed by atoms with E-state index in [9.17, 15) is 14.4 Å². The summed E-state index contributed by atoms with van der Waals surface area (Å²) in [6.07, 6.45) is 20.5. The van der Waals surface area contributed by atoms with Crippen molar-refractivity contribution >= 4 is 52.2 Å². The molecule has 6 heterocycles. The van der Waals surface area contributed by atoms with Gasteiger partial charge in [0.25, 0.3) is 17.7 Å². The molecule has 9 aromatic rings. The molecule has 12 rings (SSSR count). The first kappa shape index (κ1) is 50.8. The van der Waals surface area contributed by atoms with Crippen LogP contribution >= 0.6 is 0 Å². The van der Waals surface area contributed by atoms with E-state index in [4.69, 9.17) is 0 Å².